The summed E-state index contributed by atoms with van der Waals surface area (Å²) in [5.74, 6) is -5.57. The van der Waals surface area contributed by atoms with Crippen molar-refractivity contribution in [2.24, 2.45) is 5.92 Å². The molecule has 0 aromatic carbocycles. The van der Waals surface area contributed by atoms with E-state index in [1.807, 2.05) is 0 Å². The Morgan fingerprint density at radius 1 is 1.04 bits per heavy atom. The van der Waals surface area contributed by atoms with Crippen LogP contribution in [0.25, 0.3) is 0 Å². The second kappa shape index (κ2) is 12.6. The van der Waals surface area contributed by atoms with Crippen molar-refractivity contribution in [3.8, 4) is 0 Å². The predicted molar refractivity (Wildman–Crippen MR) is 67.9 cm³/mol. The standard InChI is InChI=1S/C11H18O10.2H3N.Pt/c12-3-5-6(13)7(14)8(15)11(21-5)20-2-1-4(9(16)17)10(18)19;;;/h4-8,11-15H,1-3H2,(H,16,17)(H,18,19);2*1H3;/q;;;+2/p-2/t5-,6+,7+,8-,11-;;;/m1.../s1. The number of carbonyl (C=O) groups is 2. The first-order valence-corrected chi connectivity index (χ1v) is 6.13. The van der Waals surface area contributed by atoms with Crippen LogP contribution in [0.15, 0.2) is 0 Å². The van der Waals surface area contributed by atoms with E-state index in [-0.39, 0.29) is 33.4 Å². The number of carbonyl (C=O) groups excluding carboxylic acids is 2. The van der Waals surface area contributed by atoms with Crippen molar-refractivity contribution < 1.29 is 70.8 Å². The number of ether oxygens (including phenoxy) is 2. The molecule has 0 aromatic rings. The first kappa shape index (κ1) is 28.1. The van der Waals surface area contributed by atoms with Gasteiger partial charge >= 0.3 is 21.1 Å². The molecule has 12 nitrogen and oxygen atoms in total. The molecular weight excluding hydrogens is 515 g/mol. The van der Waals surface area contributed by atoms with Gasteiger partial charge in [0.05, 0.1) is 25.2 Å². The third kappa shape index (κ3) is 7.05. The molecule has 0 aliphatic carbocycles. The molecule has 13 heteroatoms. The van der Waals surface area contributed by atoms with Crippen molar-refractivity contribution in [2.75, 3.05) is 13.2 Å². The number of aliphatic hydroxyl groups excluding tert-OH is 4. The summed E-state index contributed by atoms with van der Waals surface area (Å²) in [7, 11) is 0. The first-order chi connectivity index (χ1) is 9.79. The van der Waals surface area contributed by atoms with Crippen LogP contribution in [-0.4, -0.2) is 76.3 Å². The van der Waals surface area contributed by atoms with Crippen LogP contribution in [0.5, 0.6) is 0 Å². The van der Waals surface area contributed by atoms with Gasteiger partial charge in [-0.25, -0.2) is 0 Å². The third-order valence-electron chi connectivity index (χ3n) is 3.11. The number of aliphatic carboxylic acids is 2. The Morgan fingerprint density at radius 2 is 1.54 bits per heavy atom. The molecule has 5 atom stereocenters. The van der Waals surface area contributed by atoms with E-state index in [2.05, 4.69) is 0 Å². The van der Waals surface area contributed by atoms with Crippen molar-refractivity contribution >= 4 is 11.9 Å². The zero-order valence-electron chi connectivity index (χ0n) is 12.6. The molecule has 1 fully saturated rings. The van der Waals surface area contributed by atoms with Gasteiger partial charge in [-0.05, 0) is 6.42 Å². The monoisotopic (exact) mass is 537 g/mol. The van der Waals surface area contributed by atoms with Crippen LogP contribution >= 0.6 is 0 Å². The summed E-state index contributed by atoms with van der Waals surface area (Å²) in [6, 6.07) is 0. The SMILES string of the molecule is N.N.O=C([O-])C(CCO[C@@H]1O[C@H](CO)[C@H](O)[C@H](O)[C@H]1O)C(=O)[O-].[Pt+2]. The number of hydrogen-bond donors (Lipinski definition) is 6. The van der Waals surface area contributed by atoms with Crippen molar-refractivity contribution in [2.45, 2.75) is 37.1 Å². The molecule has 0 spiro atoms. The van der Waals surface area contributed by atoms with Gasteiger partial charge in [0.2, 0.25) is 0 Å². The summed E-state index contributed by atoms with van der Waals surface area (Å²) < 4.78 is 9.92. The van der Waals surface area contributed by atoms with Gasteiger partial charge in [-0.15, -0.1) is 0 Å². The van der Waals surface area contributed by atoms with Crippen LogP contribution < -0.4 is 22.5 Å². The van der Waals surface area contributed by atoms with Crippen molar-refractivity contribution in [3.63, 3.8) is 0 Å². The van der Waals surface area contributed by atoms with Gasteiger partial charge in [-0.1, -0.05) is 0 Å². The fourth-order valence-corrected chi connectivity index (χ4v) is 1.84. The minimum Gasteiger partial charge on any atom is -0.549 e. The Balaban J connectivity index is -0.00000147. The van der Waals surface area contributed by atoms with Crippen LogP contribution in [0.3, 0.4) is 0 Å². The Morgan fingerprint density at radius 3 is 1.96 bits per heavy atom. The van der Waals surface area contributed by atoms with Gasteiger partial charge in [0.1, 0.15) is 24.4 Å². The van der Waals surface area contributed by atoms with E-state index in [0.29, 0.717) is 0 Å². The Hall–Kier alpha value is -0.692. The molecule has 1 rings (SSSR count). The van der Waals surface area contributed by atoms with Crippen LogP contribution in [0.4, 0.5) is 0 Å². The molecule has 0 radical (unpaired) electrons. The Bertz CT molecular complexity index is 372. The van der Waals surface area contributed by atoms with E-state index >= 15 is 0 Å². The van der Waals surface area contributed by atoms with Crippen molar-refractivity contribution in [3.05, 3.63) is 0 Å². The van der Waals surface area contributed by atoms with Crippen molar-refractivity contribution in [1.82, 2.24) is 12.3 Å². The third-order valence-corrected chi connectivity index (χ3v) is 3.11. The molecule has 1 aliphatic heterocycles. The normalized spacial score (nSPS) is 29.0. The van der Waals surface area contributed by atoms with E-state index in [1.54, 1.807) is 0 Å². The summed E-state index contributed by atoms with van der Waals surface area (Å²) in [6.45, 7) is -1.10. The summed E-state index contributed by atoms with van der Waals surface area (Å²) in [5, 5.41) is 58.5. The Kier molecular flexibility index (Phi) is 14.8. The zero-order chi connectivity index (χ0) is 16.2. The molecular formula is C11H22N2O10Pt. The largest absolute Gasteiger partial charge is 2.00 e. The zero-order valence-corrected chi connectivity index (χ0v) is 14.8. The minimum atomic E-state index is -1.89. The van der Waals surface area contributed by atoms with E-state index < -0.39 is 68.2 Å². The van der Waals surface area contributed by atoms with Gasteiger partial charge < -0.3 is 62.0 Å². The minimum absolute atomic E-state index is 0. The van der Waals surface area contributed by atoms with E-state index in [4.69, 9.17) is 14.6 Å². The molecule has 0 bridgehead atoms. The Labute approximate surface area is 151 Å². The predicted octanol–water partition coefficient (Wildman–Crippen LogP) is -5.37. The molecule has 24 heavy (non-hydrogen) atoms. The fraction of sp³-hybridized carbons (Fsp3) is 0.818. The maximum atomic E-state index is 10.5. The topological polar surface area (TPSA) is 250 Å². The number of rotatable bonds is 7. The number of hydrogen-bond acceptors (Lipinski definition) is 12. The second-order valence-corrected chi connectivity index (χ2v) is 4.55. The summed E-state index contributed by atoms with van der Waals surface area (Å²) in [4.78, 5) is 21.0. The fourth-order valence-electron chi connectivity index (χ4n) is 1.84. The molecule has 0 saturated carbocycles. The molecule has 0 amide bonds. The van der Waals surface area contributed by atoms with E-state index in [1.165, 1.54) is 0 Å². The maximum absolute atomic E-state index is 10.5. The van der Waals surface area contributed by atoms with Gasteiger partial charge in [0, 0.05) is 5.92 Å². The van der Waals surface area contributed by atoms with Gasteiger partial charge in [0.15, 0.2) is 6.29 Å². The van der Waals surface area contributed by atoms with Gasteiger partial charge in [-0.3, -0.25) is 0 Å². The second-order valence-electron chi connectivity index (χ2n) is 4.55. The summed E-state index contributed by atoms with van der Waals surface area (Å²) >= 11 is 0. The average molecular weight is 537 g/mol. The number of carboxylic acids is 2. The molecule has 0 unspecified atom stereocenters. The van der Waals surface area contributed by atoms with E-state index in [9.17, 15) is 35.1 Å². The van der Waals surface area contributed by atoms with E-state index in [0.717, 1.165) is 0 Å². The molecule has 1 saturated heterocycles. The number of carboxylic acid groups (broad SMARTS) is 2. The van der Waals surface area contributed by atoms with Crippen LogP contribution in [0, 0.1) is 5.92 Å². The summed E-state index contributed by atoms with van der Waals surface area (Å²) in [6.07, 6.45) is -7.97. The first-order valence-electron chi connectivity index (χ1n) is 6.13. The van der Waals surface area contributed by atoms with Crippen molar-refractivity contribution in [1.29, 1.82) is 0 Å². The summed E-state index contributed by atoms with van der Waals surface area (Å²) in [5.41, 5.74) is 0. The van der Waals surface area contributed by atoms with Crippen LogP contribution in [0.2, 0.25) is 0 Å². The van der Waals surface area contributed by atoms with Gasteiger partial charge in [0.25, 0.3) is 0 Å². The van der Waals surface area contributed by atoms with Crippen LogP contribution in [-0.2, 0) is 40.1 Å². The smallest absolute Gasteiger partial charge is 0.549 e. The van der Waals surface area contributed by atoms with Gasteiger partial charge in [-0.2, -0.15) is 0 Å². The average Bonchev–Trinajstić information content (AvgIpc) is 2.42. The number of aliphatic hydroxyl groups is 4. The van der Waals surface area contributed by atoms with Crippen LogP contribution in [0.1, 0.15) is 6.42 Å². The molecule has 0 aromatic heterocycles. The molecule has 1 heterocycles. The molecule has 10 N–H and O–H groups in total. The quantitative estimate of drug-likeness (QED) is 0.167. The maximum Gasteiger partial charge on any atom is 2.00 e. The molecule has 1 aliphatic rings. The molecule has 146 valence electrons.